The van der Waals surface area contributed by atoms with Crippen LogP contribution in [0.1, 0.15) is 22.3 Å². The van der Waals surface area contributed by atoms with Gasteiger partial charge in [-0.2, -0.15) is 0 Å². The number of halogens is 1. The van der Waals surface area contributed by atoms with Gasteiger partial charge in [-0.3, -0.25) is 0 Å². The Labute approximate surface area is 224 Å². The lowest BCUT2D eigenvalue weighted by molar-refractivity contribution is -0.329. The van der Waals surface area contributed by atoms with Gasteiger partial charge in [0.05, 0.1) is 19.4 Å². The molecule has 3 aromatic carbocycles. The zero-order valence-electron chi connectivity index (χ0n) is 20.5. The summed E-state index contributed by atoms with van der Waals surface area (Å²) in [5.41, 5.74) is 1.46. The highest BCUT2D eigenvalue weighted by atomic mass is 35.5. The summed E-state index contributed by atoms with van der Waals surface area (Å²) in [6, 6.07) is 20.0. The van der Waals surface area contributed by atoms with Crippen LogP contribution in [0.25, 0.3) is 0 Å². The van der Waals surface area contributed by atoms with Crippen LogP contribution in [0.3, 0.4) is 0 Å². The second-order valence-corrected chi connectivity index (χ2v) is 9.78. The van der Waals surface area contributed by atoms with E-state index in [1.54, 1.807) is 24.4 Å². The number of rotatable bonds is 8. The Morgan fingerprint density at radius 3 is 2.34 bits per heavy atom. The predicted molar refractivity (Wildman–Crippen MR) is 138 cm³/mol. The minimum atomic E-state index is -1.75. The van der Waals surface area contributed by atoms with E-state index in [1.165, 1.54) is 7.11 Å². The summed E-state index contributed by atoms with van der Waals surface area (Å²) in [5, 5.41) is 45.7. The van der Waals surface area contributed by atoms with Crippen molar-refractivity contribution >= 4 is 17.8 Å². The lowest BCUT2D eigenvalue weighted by Crippen LogP contribution is -2.65. The van der Waals surface area contributed by atoms with Crippen molar-refractivity contribution in [3.8, 4) is 11.5 Å². The molecule has 2 fully saturated rings. The summed E-state index contributed by atoms with van der Waals surface area (Å²) in [7, 11) is 1.49. The number of hydrogen-bond donors (Lipinski definition) is 4. The van der Waals surface area contributed by atoms with Crippen molar-refractivity contribution < 1.29 is 39.5 Å². The van der Waals surface area contributed by atoms with Crippen molar-refractivity contribution in [1.82, 2.24) is 0 Å². The fourth-order valence-corrected chi connectivity index (χ4v) is 4.95. The normalized spacial score (nSPS) is 28.5. The van der Waals surface area contributed by atoms with Crippen molar-refractivity contribution in [2.24, 2.45) is 5.16 Å². The van der Waals surface area contributed by atoms with Crippen LogP contribution in [0.4, 0.5) is 0 Å². The lowest BCUT2D eigenvalue weighted by atomic mass is 9.83. The number of aliphatic hydroxyl groups is 4. The molecule has 9 nitrogen and oxygen atoms in total. The van der Waals surface area contributed by atoms with Gasteiger partial charge in [0, 0.05) is 10.6 Å². The molecule has 5 atom stereocenters. The van der Waals surface area contributed by atoms with Crippen LogP contribution in [0.5, 0.6) is 11.5 Å². The second-order valence-electron chi connectivity index (χ2n) is 9.38. The zero-order valence-corrected chi connectivity index (χ0v) is 21.3. The van der Waals surface area contributed by atoms with E-state index in [9.17, 15) is 20.4 Å². The van der Waals surface area contributed by atoms with Gasteiger partial charge in [0.25, 0.3) is 0 Å². The number of aliphatic hydroxyl groups excluding tert-OH is 4. The maximum Gasteiger partial charge on any atom is 0.225 e. The van der Waals surface area contributed by atoms with Crippen LogP contribution in [0.15, 0.2) is 71.9 Å². The van der Waals surface area contributed by atoms with E-state index in [1.807, 2.05) is 48.5 Å². The number of benzene rings is 3. The Balaban J connectivity index is 1.33. The average molecular weight is 542 g/mol. The van der Waals surface area contributed by atoms with Crippen molar-refractivity contribution in [1.29, 1.82) is 0 Å². The van der Waals surface area contributed by atoms with Gasteiger partial charge in [0.15, 0.2) is 0 Å². The van der Waals surface area contributed by atoms with Gasteiger partial charge in [-0.25, -0.2) is 0 Å². The summed E-state index contributed by atoms with van der Waals surface area (Å²) in [6.45, 7) is -0.775. The van der Waals surface area contributed by atoms with Gasteiger partial charge in [-0.05, 0) is 71.6 Å². The molecule has 2 bridgehead atoms. The van der Waals surface area contributed by atoms with Crippen molar-refractivity contribution in [2.75, 3.05) is 20.3 Å². The molecule has 4 N–H and O–H groups in total. The van der Waals surface area contributed by atoms with Crippen LogP contribution >= 0.6 is 11.6 Å². The van der Waals surface area contributed by atoms with Gasteiger partial charge in [0.2, 0.25) is 5.79 Å². The van der Waals surface area contributed by atoms with E-state index in [0.717, 1.165) is 16.7 Å². The summed E-state index contributed by atoms with van der Waals surface area (Å²) in [6.07, 6.45) is -2.59. The van der Waals surface area contributed by atoms with E-state index in [-0.39, 0.29) is 6.61 Å². The van der Waals surface area contributed by atoms with Crippen molar-refractivity contribution in [3.63, 3.8) is 0 Å². The molecule has 10 heteroatoms. The SMILES string of the molecule is CON=Cc1ccc(Oc2ccc(Cc3cc(C45OCC(CO)(O4)C(O)C(O)C5O)ccc3Cl)cc2)cc1. The molecule has 0 spiro atoms. The van der Waals surface area contributed by atoms with E-state index in [0.29, 0.717) is 28.5 Å². The number of oxime groups is 1. The van der Waals surface area contributed by atoms with Gasteiger partial charge in [-0.1, -0.05) is 35.0 Å². The minimum absolute atomic E-state index is 0.193. The topological polar surface area (TPSA) is 130 Å². The molecule has 2 aliphatic rings. The fraction of sp³-hybridized carbons (Fsp3) is 0.321. The highest BCUT2D eigenvalue weighted by Gasteiger charge is 2.67. The molecular formula is C28H28ClNO8. The molecule has 2 aliphatic heterocycles. The Morgan fingerprint density at radius 1 is 1.00 bits per heavy atom. The molecule has 0 aromatic heterocycles. The second kappa shape index (κ2) is 10.6. The first-order valence-electron chi connectivity index (χ1n) is 12.0. The average Bonchev–Trinajstić information content (AvgIpc) is 3.33. The van der Waals surface area contributed by atoms with Gasteiger partial charge >= 0.3 is 0 Å². The molecule has 0 amide bonds. The first-order valence-corrected chi connectivity index (χ1v) is 12.4. The van der Waals surface area contributed by atoms with Crippen molar-refractivity contribution in [2.45, 2.75) is 36.1 Å². The largest absolute Gasteiger partial charge is 0.457 e. The zero-order chi connectivity index (χ0) is 26.9. The summed E-state index contributed by atoms with van der Waals surface area (Å²) in [4.78, 5) is 4.68. The number of ether oxygens (including phenoxy) is 3. The Kier molecular flexibility index (Phi) is 7.43. The van der Waals surface area contributed by atoms with E-state index in [2.05, 4.69) is 9.99 Å². The van der Waals surface area contributed by atoms with Crippen LogP contribution < -0.4 is 4.74 Å². The van der Waals surface area contributed by atoms with Gasteiger partial charge in [-0.15, -0.1) is 0 Å². The Hall–Kier alpha value is -3.02. The van der Waals surface area contributed by atoms with Crippen molar-refractivity contribution in [3.05, 3.63) is 94.0 Å². The summed E-state index contributed by atoms with van der Waals surface area (Å²) < 4.78 is 17.7. The molecule has 0 aliphatic carbocycles. The number of hydrogen-bond acceptors (Lipinski definition) is 9. The monoisotopic (exact) mass is 541 g/mol. The highest BCUT2D eigenvalue weighted by molar-refractivity contribution is 6.31. The maximum absolute atomic E-state index is 10.8. The third-order valence-corrected chi connectivity index (χ3v) is 7.29. The van der Waals surface area contributed by atoms with Gasteiger partial charge < -0.3 is 39.5 Å². The first kappa shape index (κ1) is 26.6. The minimum Gasteiger partial charge on any atom is -0.457 e. The standard InChI is InChI=1S/C28H28ClNO8/c1-35-30-14-18-4-9-22(10-5-18)37-21-7-2-17(3-8-21)12-19-13-20(6-11-23(19)29)28-26(34)24(32)25(33)27(15-31,38-28)16-36-28/h2-11,13-14,24-26,31-34H,12,15-16H2,1H3. The molecule has 38 heavy (non-hydrogen) atoms. The van der Waals surface area contributed by atoms with E-state index < -0.39 is 36.3 Å². The third kappa shape index (κ3) is 4.78. The summed E-state index contributed by atoms with van der Waals surface area (Å²) in [5.74, 6) is -0.406. The Morgan fingerprint density at radius 2 is 1.68 bits per heavy atom. The smallest absolute Gasteiger partial charge is 0.225 e. The Bertz CT molecular complexity index is 1300. The van der Waals surface area contributed by atoms with Crippen LogP contribution in [0.2, 0.25) is 5.02 Å². The van der Waals surface area contributed by atoms with Crippen LogP contribution in [0, 0.1) is 0 Å². The highest BCUT2D eigenvalue weighted by Crippen LogP contribution is 2.49. The van der Waals surface area contributed by atoms with Gasteiger partial charge in [0.1, 0.15) is 42.5 Å². The fourth-order valence-electron chi connectivity index (χ4n) is 4.77. The molecule has 5 unspecified atom stereocenters. The quantitative estimate of drug-likeness (QED) is 0.253. The first-order chi connectivity index (χ1) is 18.3. The molecule has 3 aromatic rings. The number of nitrogens with zero attached hydrogens (tertiary/aromatic N) is 1. The number of fused-ring (bicyclic) bond motifs is 2. The molecule has 200 valence electrons. The predicted octanol–water partition coefficient (Wildman–Crippen LogP) is 2.73. The lowest BCUT2D eigenvalue weighted by Gasteiger charge is -2.46. The molecule has 0 radical (unpaired) electrons. The molecule has 5 rings (SSSR count). The molecule has 2 saturated heterocycles. The van der Waals surface area contributed by atoms with Crippen LogP contribution in [-0.2, 0) is 26.5 Å². The molecular weight excluding hydrogens is 514 g/mol. The van der Waals surface area contributed by atoms with E-state index >= 15 is 0 Å². The van der Waals surface area contributed by atoms with Crippen LogP contribution in [-0.4, -0.2) is 70.9 Å². The maximum atomic E-state index is 10.8. The molecule has 2 heterocycles. The molecule has 0 saturated carbocycles. The third-order valence-electron chi connectivity index (χ3n) is 6.92. The van der Waals surface area contributed by atoms with E-state index in [4.69, 9.17) is 25.8 Å². The summed E-state index contributed by atoms with van der Waals surface area (Å²) >= 11 is 6.49.